The van der Waals surface area contributed by atoms with E-state index in [1.165, 1.54) is 0 Å². The molecule has 2 heterocycles. The van der Waals surface area contributed by atoms with Crippen LogP contribution >= 0.6 is 22.6 Å². The number of ketones is 1. The van der Waals surface area contributed by atoms with Gasteiger partial charge in [0, 0.05) is 54.3 Å². The molecule has 7 heteroatoms. The number of aromatic nitrogens is 1. The van der Waals surface area contributed by atoms with Gasteiger partial charge < -0.3 is 19.5 Å². The first-order chi connectivity index (χ1) is 13.0. The molecule has 1 aromatic carbocycles. The minimum atomic E-state index is -0.122. The zero-order chi connectivity index (χ0) is 19.4. The van der Waals surface area contributed by atoms with Gasteiger partial charge in [0.15, 0.2) is 5.78 Å². The maximum Gasteiger partial charge on any atom is 0.270 e. The van der Waals surface area contributed by atoms with Gasteiger partial charge in [0.1, 0.15) is 5.69 Å². The third-order valence-electron chi connectivity index (χ3n) is 4.24. The van der Waals surface area contributed by atoms with E-state index in [0.717, 1.165) is 9.13 Å². The van der Waals surface area contributed by atoms with Crippen LogP contribution in [0.25, 0.3) is 5.57 Å². The third-order valence-corrected chi connectivity index (χ3v) is 4.91. The molecular weight excluding hydrogens is 457 g/mol. The van der Waals surface area contributed by atoms with Gasteiger partial charge in [-0.2, -0.15) is 0 Å². The van der Waals surface area contributed by atoms with Crippen LogP contribution < -0.4 is 0 Å². The molecule has 6 nitrogen and oxygen atoms in total. The Kier molecular flexibility index (Phi) is 6.33. The molecule has 3 rings (SSSR count). The van der Waals surface area contributed by atoms with Crippen molar-refractivity contribution in [1.82, 2.24) is 14.8 Å². The minimum Gasteiger partial charge on any atom is -0.383 e. The number of carbonyl (C=O) groups is 2. The van der Waals surface area contributed by atoms with Crippen molar-refractivity contribution in [2.24, 2.45) is 0 Å². The van der Waals surface area contributed by atoms with E-state index in [1.54, 1.807) is 17.2 Å². The fourth-order valence-electron chi connectivity index (χ4n) is 2.92. The predicted molar refractivity (Wildman–Crippen MR) is 113 cm³/mol. The van der Waals surface area contributed by atoms with Gasteiger partial charge in [0.05, 0.1) is 13.2 Å². The van der Waals surface area contributed by atoms with Crippen molar-refractivity contribution in [3.8, 4) is 0 Å². The fraction of sp³-hybridized carbons (Fsp3) is 0.300. The zero-order valence-electron chi connectivity index (χ0n) is 15.4. The largest absolute Gasteiger partial charge is 0.383 e. The molecule has 1 aliphatic rings. The molecule has 0 spiro atoms. The van der Waals surface area contributed by atoms with E-state index in [-0.39, 0.29) is 11.7 Å². The molecule has 1 N–H and O–H groups in total. The molecule has 1 saturated heterocycles. The Hall–Kier alpha value is -2.13. The minimum absolute atomic E-state index is 0.107. The Morgan fingerprint density at radius 3 is 2.59 bits per heavy atom. The van der Waals surface area contributed by atoms with Crippen LogP contribution in [-0.2, 0) is 4.74 Å². The quantitative estimate of drug-likeness (QED) is 0.407. The number of nitrogens with zero attached hydrogens (tertiary/aromatic N) is 2. The van der Waals surface area contributed by atoms with Crippen LogP contribution in [0.4, 0.5) is 0 Å². The van der Waals surface area contributed by atoms with Crippen molar-refractivity contribution in [2.75, 3.05) is 40.4 Å². The summed E-state index contributed by atoms with van der Waals surface area (Å²) in [6.07, 6.45) is 3.41. The summed E-state index contributed by atoms with van der Waals surface area (Å²) >= 11 is 2.23. The molecule has 1 aliphatic heterocycles. The lowest BCUT2D eigenvalue weighted by Crippen LogP contribution is -2.40. The van der Waals surface area contributed by atoms with Crippen molar-refractivity contribution in [1.29, 1.82) is 0 Å². The van der Waals surface area contributed by atoms with Crippen molar-refractivity contribution in [3.05, 3.63) is 63.1 Å². The summed E-state index contributed by atoms with van der Waals surface area (Å²) in [5, 5.41) is 0. The Labute approximate surface area is 172 Å². The lowest BCUT2D eigenvalue weighted by Gasteiger charge is -2.26. The van der Waals surface area contributed by atoms with E-state index < -0.39 is 0 Å². The van der Waals surface area contributed by atoms with E-state index in [0.29, 0.717) is 43.1 Å². The number of nitrogens with one attached hydrogen (secondary N) is 1. The Morgan fingerprint density at radius 1 is 1.19 bits per heavy atom. The maximum absolute atomic E-state index is 13.1. The van der Waals surface area contributed by atoms with Crippen LogP contribution in [0.1, 0.15) is 26.4 Å². The second-order valence-electron chi connectivity index (χ2n) is 6.55. The summed E-state index contributed by atoms with van der Waals surface area (Å²) in [5.74, 6) is -0.229. The number of Topliss-reactive ketones (excluding diaryl/α,β-unsaturated/α-hetero) is 1. The Bertz CT molecular complexity index is 867. The molecule has 0 unspecified atom stereocenters. The number of ether oxygens (including phenoxy) is 1. The number of carbonyl (C=O) groups excluding carboxylic acids is 2. The number of rotatable bonds is 5. The van der Waals surface area contributed by atoms with Crippen molar-refractivity contribution in [3.63, 3.8) is 0 Å². The number of hydrogen-bond donors (Lipinski definition) is 1. The second-order valence-corrected chi connectivity index (χ2v) is 7.80. The van der Waals surface area contributed by atoms with Crippen molar-refractivity contribution in [2.45, 2.75) is 0 Å². The molecule has 0 saturated carbocycles. The first-order valence-electron chi connectivity index (χ1n) is 8.70. The van der Waals surface area contributed by atoms with Crippen LogP contribution in [0, 0.1) is 3.57 Å². The second kappa shape index (κ2) is 8.71. The van der Waals surface area contributed by atoms with Crippen molar-refractivity contribution < 1.29 is 14.3 Å². The van der Waals surface area contributed by atoms with Gasteiger partial charge >= 0.3 is 0 Å². The van der Waals surface area contributed by atoms with E-state index in [1.807, 2.05) is 49.5 Å². The summed E-state index contributed by atoms with van der Waals surface area (Å²) in [5.41, 5.74) is 2.33. The SMILES string of the molecule is CN(C)C=C(C(=O)c1c[nH]c(C(=O)N2CCOCC2)c1)c1cccc(I)c1. The molecular formula is C20H22IN3O3. The molecule has 0 bridgehead atoms. The van der Waals surface area contributed by atoms with Crippen LogP contribution in [0.15, 0.2) is 42.7 Å². The molecule has 1 aromatic heterocycles. The van der Waals surface area contributed by atoms with E-state index in [9.17, 15) is 9.59 Å². The third kappa shape index (κ3) is 4.78. The number of aromatic amines is 1. The van der Waals surface area contributed by atoms with E-state index in [2.05, 4.69) is 27.6 Å². The number of H-pyrrole nitrogens is 1. The predicted octanol–water partition coefficient (Wildman–Crippen LogP) is 2.88. The van der Waals surface area contributed by atoms with E-state index in [4.69, 9.17) is 4.74 Å². The normalized spacial score (nSPS) is 14.9. The summed E-state index contributed by atoms with van der Waals surface area (Å²) in [6.45, 7) is 2.21. The average Bonchev–Trinajstić information content (AvgIpc) is 3.15. The Balaban J connectivity index is 1.87. The van der Waals surface area contributed by atoms with E-state index >= 15 is 0 Å². The van der Waals surface area contributed by atoms with Gasteiger partial charge in [-0.25, -0.2) is 0 Å². The number of allylic oxidation sites excluding steroid dienone is 1. The zero-order valence-corrected chi connectivity index (χ0v) is 17.5. The lowest BCUT2D eigenvalue weighted by molar-refractivity contribution is 0.0299. The summed E-state index contributed by atoms with van der Waals surface area (Å²) in [6, 6.07) is 9.44. The number of halogens is 1. The Morgan fingerprint density at radius 2 is 1.93 bits per heavy atom. The molecule has 142 valence electrons. The number of benzene rings is 1. The number of amides is 1. The number of hydrogen-bond acceptors (Lipinski definition) is 4. The highest BCUT2D eigenvalue weighted by molar-refractivity contribution is 14.1. The summed E-state index contributed by atoms with van der Waals surface area (Å²) < 4.78 is 6.34. The highest BCUT2D eigenvalue weighted by atomic mass is 127. The summed E-state index contributed by atoms with van der Waals surface area (Å²) in [7, 11) is 3.76. The average molecular weight is 479 g/mol. The smallest absolute Gasteiger partial charge is 0.270 e. The maximum atomic E-state index is 13.1. The van der Waals surface area contributed by atoms with Crippen LogP contribution in [0.2, 0.25) is 0 Å². The monoisotopic (exact) mass is 479 g/mol. The van der Waals surface area contributed by atoms with Gasteiger partial charge in [0.25, 0.3) is 5.91 Å². The summed E-state index contributed by atoms with van der Waals surface area (Å²) in [4.78, 5) is 32.3. The first-order valence-corrected chi connectivity index (χ1v) is 9.78. The molecule has 0 radical (unpaired) electrons. The molecule has 0 atom stereocenters. The topological polar surface area (TPSA) is 65.6 Å². The molecule has 2 aromatic rings. The molecule has 27 heavy (non-hydrogen) atoms. The van der Waals surface area contributed by atoms with Gasteiger partial charge in [-0.1, -0.05) is 12.1 Å². The van der Waals surface area contributed by atoms with Gasteiger partial charge in [0.2, 0.25) is 0 Å². The van der Waals surface area contributed by atoms with Crippen LogP contribution in [-0.4, -0.2) is 66.9 Å². The van der Waals surface area contributed by atoms with Gasteiger partial charge in [-0.3, -0.25) is 9.59 Å². The molecule has 0 aliphatic carbocycles. The molecule has 1 fully saturated rings. The number of morpholine rings is 1. The van der Waals surface area contributed by atoms with Gasteiger partial charge in [-0.05, 0) is 46.4 Å². The van der Waals surface area contributed by atoms with Crippen LogP contribution in [0.3, 0.4) is 0 Å². The highest BCUT2D eigenvalue weighted by Crippen LogP contribution is 2.23. The van der Waals surface area contributed by atoms with Gasteiger partial charge in [-0.15, -0.1) is 0 Å². The highest BCUT2D eigenvalue weighted by Gasteiger charge is 2.22. The lowest BCUT2D eigenvalue weighted by atomic mass is 9.99. The first kappa shape index (κ1) is 19.6. The fourth-order valence-corrected chi connectivity index (χ4v) is 3.46. The van der Waals surface area contributed by atoms with Crippen LogP contribution in [0.5, 0.6) is 0 Å². The standard InChI is InChI=1S/C20H22IN3O3/c1-23(2)13-17(14-4-3-5-16(21)10-14)19(25)15-11-18(22-12-15)20(26)24-6-8-27-9-7-24/h3-5,10-13,22H,6-9H2,1-2H3. The molecule has 1 amide bonds. The van der Waals surface area contributed by atoms with Crippen molar-refractivity contribution >= 4 is 39.9 Å².